The molecule has 0 bridgehead atoms. The zero-order chi connectivity index (χ0) is 12.6. The van der Waals surface area contributed by atoms with Gasteiger partial charge in [0.25, 0.3) is 0 Å². The third-order valence-corrected chi connectivity index (χ3v) is 4.38. The molecule has 2 nitrogen and oxygen atoms in total. The van der Waals surface area contributed by atoms with Gasteiger partial charge in [-0.05, 0) is 37.3 Å². The van der Waals surface area contributed by atoms with Crippen LogP contribution in [0.2, 0.25) is 0 Å². The number of hydrogen-bond donors (Lipinski definition) is 1. The Morgan fingerprint density at radius 2 is 1.89 bits per heavy atom. The summed E-state index contributed by atoms with van der Waals surface area (Å²) in [6.07, 6.45) is 3.76. The zero-order valence-electron chi connectivity index (χ0n) is 10.6. The molecule has 0 amide bonds. The lowest BCUT2D eigenvalue weighted by Crippen LogP contribution is -2.40. The number of aliphatic hydroxyl groups excluding tert-OH is 1. The highest BCUT2D eigenvalue weighted by Crippen LogP contribution is 2.49. The average molecular weight is 249 g/mol. The fourth-order valence-corrected chi connectivity index (χ4v) is 3.06. The molecule has 0 unspecified atom stereocenters. The molecule has 18 heavy (non-hydrogen) atoms. The third-order valence-electron chi connectivity index (χ3n) is 4.38. The van der Waals surface area contributed by atoms with Crippen LogP contribution in [0.4, 0.5) is 4.39 Å². The molecule has 1 saturated heterocycles. The molecule has 98 valence electrons. The van der Waals surface area contributed by atoms with E-state index in [-0.39, 0.29) is 17.3 Å². The van der Waals surface area contributed by atoms with Crippen molar-refractivity contribution in [3.05, 3.63) is 35.6 Å². The maximum absolute atomic E-state index is 13.9. The Balaban J connectivity index is 1.71. The second kappa shape index (κ2) is 4.63. The van der Waals surface area contributed by atoms with Crippen molar-refractivity contribution in [2.24, 2.45) is 0 Å². The number of hydrogen-bond acceptors (Lipinski definition) is 2. The minimum absolute atomic E-state index is 0.0492. The van der Waals surface area contributed by atoms with Crippen molar-refractivity contribution in [2.75, 3.05) is 19.6 Å². The van der Waals surface area contributed by atoms with Gasteiger partial charge in [0.1, 0.15) is 5.82 Å². The number of rotatable bonds is 3. The first-order valence-electron chi connectivity index (χ1n) is 6.85. The normalized spacial score (nSPS) is 24.1. The molecule has 3 heteroatoms. The summed E-state index contributed by atoms with van der Waals surface area (Å²) in [7, 11) is 0. The summed E-state index contributed by atoms with van der Waals surface area (Å²) in [5.41, 5.74) is 0.935. The van der Waals surface area contributed by atoms with E-state index in [1.165, 1.54) is 0 Å². The molecule has 1 aromatic carbocycles. The van der Waals surface area contributed by atoms with Crippen molar-refractivity contribution in [1.82, 2.24) is 4.90 Å². The quantitative estimate of drug-likeness (QED) is 0.888. The average Bonchev–Trinajstić information content (AvgIpc) is 3.14. The van der Waals surface area contributed by atoms with Gasteiger partial charge in [-0.15, -0.1) is 0 Å². The van der Waals surface area contributed by atoms with Gasteiger partial charge in [0.05, 0.1) is 6.10 Å². The number of nitrogens with zero attached hydrogens (tertiary/aromatic N) is 1. The van der Waals surface area contributed by atoms with E-state index in [1.54, 1.807) is 12.1 Å². The van der Waals surface area contributed by atoms with Crippen molar-refractivity contribution in [2.45, 2.75) is 37.2 Å². The second-order valence-corrected chi connectivity index (χ2v) is 5.77. The van der Waals surface area contributed by atoms with E-state index in [0.29, 0.717) is 0 Å². The van der Waals surface area contributed by atoms with Crippen molar-refractivity contribution in [3.63, 3.8) is 0 Å². The number of likely N-dealkylation sites (tertiary alicyclic amines) is 1. The van der Waals surface area contributed by atoms with Crippen LogP contribution in [0.3, 0.4) is 0 Å². The highest BCUT2D eigenvalue weighted by molar-refractivity contribution is 5.33. The second-order valence-electron chi connectivity index (χ2n) is 5.77. The standard InChI is InChI=1S/C15H20FNO/c16-14-4-2-1-3-13(14)15(7-8-15)11-17-9-5-12(18)6-10-17/h1-4,12,18H,5-11H2. The van der Waals surface area contributed by atoms with E-state index in [0.717, 1.165) is 50.9 Å². The SMILES string of the molecule is OC1CCN(CC2(c3ccccc3F)CC2)CC1. The Kier molecular flexibility index (Phi) is 3.12. The van der Waals surface area contributed by atoms with Crippen LogP contribution in [-0.2, 0) is 5.41 Å². The van der Waals surface area contributed by atoms with E-state index in [4.69, 9.17) is 0 Å². The molecule has 1 heterocycles. The van der Waals surface area contributed by atoms with Crippen LogP contribution in [-0.4, -0.2) is 35.7 Å². The van der Waals surface area contributed by atoms with Crippen LogP contribution in [0.5, 0.6) is 0 Å². The van der Waals surface area contributed by atoms with Gasteiger partial charge in [-0.1, -0.05) is 18.2 Å². The van der Waals surface area contributed by atoms with Gasteiger partial charge in [-0.2, -0.15) is 0 Å². The molecule has 0 aromatic heterocycles. The molecule has 1 N–H and O–H groups in total. The molecule has 0 radical (unpaired) electrons. The molecule has 3 rings (SSSR count). The predicted molar refractivity (Wildman–Crippen MR) is 69.0 cm³/mol. The molecule has 2 fully saturated rings. The molecule has 1 aliphatic heterocycles. The first-order chi connectivity index (χ1) is 8.70. The van der Waals surface area contributed by atoms with Gasteiger partial charge in [0, 0.05) is 25.0 Å². The van der Waals surface area contributed by atoms with Crippen LogP contribution < -0.4 is 0 Å². The minimum atomic E-state index is -0.134. The number of benzene rings is 1. The van der Waals surface area contributed by atoms with Gasteiger partial charge in [-0.25, -0.2) is 4.39 Å². The highest BCUT2D eigenvalue weighted by atomic mass is 19.1. The van der Waals surface area contributed by atoms with Gasteiger partial charge in [0.2, 0.25) is 0 Å². The van der Waals surface area contributed by atoms with Crippen LogP contribution in [0.15, 0.2) is 24.3 Å². The topological polar surface area (TPSA) is 23.5 Å². The van der Waals surface area contributed by atoms with Gasteiger partial charge in [-0.3, -0.25) is 0 Å². The van der Waals surface area contributed by atoms with E-state index in [9.17, 15) is 9.50 Å². The zero-order valence-corrected chi connectivity index (χ0v) is 10.6. The Bertz CT molecular complexity index is 422. The first-order valence-corrected chi connectivity index (χ1v) is 6.85. The summed E-state index contributed by atoms with van der Waals surface area (Å²) in [5, 5.41) is 9.52. The van der Waals surface area contributed by atoms with Crippen LogP contribution in [0, 0.1) is 5.82 Å². The highest BCUT2D eigenvalue weighted by Gasteiger charge is 2.47. The minimum Gasteiger partial charge on any atom is -0.393 e. The van der Waals surface area contributed by atoms with E-state index >= 15 is 0 Å². The summed E-state index contributed by atoms with van der Waals surface area (Å²) in [6.45, 7) is 2.83. The molecular formula is C15H20FNO. The van der Waals surface area contributed by atoms with E-state index in [2.05, 4.69) is 4.90 Å². The Hall–Kier alpha value is -0.930. The van der Waals surface area contributed by atoms with Crippen molar-refractivity contribution in [1.29, 1.82) is 0 Å². The molecular weight excluding hydrogens is 229 g/mol. The van der Waals surface area contributed by atoms with Crippen molar-refractivity contribution < 1.29 is 9.50 Å². The Labute approximate surface area is 107 Å². The summed E-state index contributed by atoms with van der Waals surface area (Å²) in [6, 6.07) is 7.18. The van der Waals surface area contributed by atoms with E-state index < -0.39 is 0 Å². The Morgan fingerprint density at radius 3 is 2.50 bits per heavy atom. The first kappa shape index (κ1) is 12.1. The Morgan fingerprint density at radius 1 is 1.22 bits per heavy atom. The van der Waals surface area contributed by atoms with Gasteiger partial charge in [0.15, 0.2) is 0 Å². The van der Waals surface area contributed by atoms with Crippen LogP contribution in [0.25, 0.3) is 0 Å². The van der Waals surface area contributed by atoms with Crippen LogP contribution in [0.1, 0.15) is 31.2 Å². The van der Waals surface area contributed by atoms with Crippen molar-refractivity contribution in [3.8, 4) is 0 Å². The summed E-state index contributed by atoms with van der Waals surface area (Å²) < 4.78 is 13.9. The molecule has 1 aromatic rings. The molecule has 2 aliphatic rings. The van der Waals surface area contributed by atoms with Gasteiger partial charge >= 0.3 is 0 Å². The number of aliphatic hydroxyl groups is 1. The lowest BCUT2D eigenvalue weighted by atomic mass is 9.93. The lowest BCUT2D eigenvalue weighted by Gasteiger charge is -2.33. The van der Waals surface area contributed by atoms with Crippen molar-refractivity contribution >= 4 is 0 Å². The van der Waals surface area contributed by atoms with E-state index in [1.807, 2.05) is 12.1 Å². The van der Waals surface area contributed by atoms with Gasteiger partial charge < -0.3 is 10.0 Å². The van der Waals surface area contributed by atoms with Crippen LogP contribution >= 0.6 is 0 Å². The summed E-state index contributed by atoms with van der Waals surface area (Å²) in [5.74, 6) is -0.0629. The lowest BCUT2D eigenvalue weighted by molar-refractivity contribution is 0.0778. The molecule has 0 spiro atoms. The molecule has 0 atom stereocenters. The fourth-order valence-electron chi connectivity index (χ4n) is 3.06. The molecule has 1 saturated carbocycles. The monoisotopic (exact) mass is 249 g/mol. The number of piperidine rings is 1. The summed E-state index contributed by atoms with van der Waals surface area (Å²) in [4.78, 5) is 2.38. The summed E-state index contributed by atoms with van der Waals surface area (Å²) >= 11 is 0. The third kappa shape index (κ3) is 2.29. The maximum Gasteiger partial charge on any atom is 0.127 e. The predicted octanol–water partition coefficient (Wildman–Crippen LogP) is 2.31. The molecule has 1 aliphatic carbocycles. The largest absolute Gasteiger partial charge is 0.393 e. The smallest absolute Gasteiger partial charge is 0.127 e. The fraction of sp³-hybridized carbons (Fsp3) is 0.600. The maximum atomic E-state index is 13.9. The number of halogens is 1.